The maximum absolute atomic E-state index is 12.3. The van der Waals surface area contributed by atoms with E-state index in [0.717, 1.165) is 6.07 Å². The highest BCUT2D eigenvalue weighted by atomic mass is 35.5. The Kier molecular flexibility index (Phi) is 5.05. The van der Waals surface area contributed by atoms with E-state index >= 15 is 0 Å². The molecule has 2 rings (SSSR count). The number of amides is 1. The minimum Gasteiger partial charge on any atom is -0.481 e. The molecule has 9 heteroatoms. The van der Waals surface area contributed by atoms with Crippen LogP contribution in [0.5, 0.6) is 5.75 Å². The fraction of sp³-hybridized carbons (Fsp3) is 0.429. The standard InChI is InChI=1S/C14H15ClN2O6/c1-8(13(18)16-5-4-9(7-16)14(19)20)23-12-3-2-10(15)6-11(12)17(21)22/h2-3,6,8-9H,4-5,7H2,1H3,(H,19,20). The first-order chi connectivity index (χ1) is 10.8. The summed E-state index contributed by atoms with van der Waals surface area (Å²) in [5.74, 6) is -1.99. The summed E-state index contributed by atoms with van der Waals surface area (Å²) in [6.07, 6.45) is -0.586. The van der Waals surface area contributed by atoms with Gasteiger partial charge in [-0.25, -0.2) is 0 Å². The van der Waals surface area contributed by atoms with E-state index in [-0.39, 0.29) is 23.0 Å². The topological polar surface area (TPSA) is 110 Å². The van der Waals surface area contributed by atoms with Crippen molar-refractivity contribution in [1.82, 2.24) is 4.90 Å². The second kappa shape index (κ2) is 6.82. The molecule has 1 saturated heterocycles. The molecule has 124 valence electrons. The first kappa shape index (κ1) is 17.0. The third kappa shape index (κ3) is 3.89. The Morgan fingerprint density at radius 1 is 1.52 bits per heavy atom. The number of carbonyl (C=O) groups is 2. The minimum atomic E-state index is -0.970. The molecular weight excluding hydrogens is 328 g/mol. The van der Waals surface area contributed by atoms with Crippen molar-refractivity contribution in [2.75, 3.05) is 13.1 Å². The molecule has 1 aliphatic heterocycles. The number of hydrogen-bond acceptors (Lipinski definition) is 5. The van der Waals surface area contributed by atoms with Gasteiger partial charge in [0.15, 0.2) is 11.9 Å². The summed E-state index contributed by atoms with van der Waals surface area (Å²) in [5, 5.41) is 20.1. The summed E-state index contributed by atoms with van der Waals surface area (Å²) in [6.45, 7) is 1.91. The molecule has 0 saturated carbocycles. The summed E-state index contributed by atoms with van der Waals surface area (Å²) in [5.41, 5.74) is -0.331. The second-order valence-corrected chi connectivity index (χ2v) is 5.67. The number of nitro groups is 1. The number of nitrogens with zero attached hydrogens (tertiary/aromatic N) is 2. The smallest absolute Gasteiger partial charge is 0.312 e. The van der Waals surface area contributed by atoms with Crippen LogP contribution in [0.1, 0.15) is 13.3 Å². The Morgan fingerprint density at radius 3 is 2.78 bits per heavy atom. The molecule has 1 aliphatic rings. The van der Waals surface area contributed by atoms with E-state index in [1.54, 1.807) is 0 Å². The van der Waals surface area contributed by atoms with Gasteiger partial charge < -0.3 is 14.7 Å². The SMILES string of the molecule is CC(Oc1ccc(Cl)cc1[N+](=O)[O-])C(=O)N1CCC(C(=O)O)C1. The molecule has 1 aromatic carbocycles. The van der Waals surface area contributed by atoms with Gasteiger partial charge in [0.05, 0.1) is 10.8 Å². The highest BCUT2D eigenvalue weighted by Crippen LogP contribution is 2.31. The minimum absolute atomic E-state index is 0.0609. The molecule has 8 nitrogen and oxygen atoms in total. The van der Waals surface area contributed by atoms with Crippen molar-refractivity contribution in [3.05, 3.63) is 33.3 Å². The lowest BCUT2D eigenvalue weighted by Crippen LogP contribution is -2.39. The molecule has 1 N–H and O–H groups in total. The Labute approximate surface area is 136 Å². The van der Waals surface area contributed by atoms with Crippen molar-refractivity contribution in [1.29, 1.82) is 0 Å². The fourth-order valence-corrected chi connectivity index (χ4v) is 2.56. The largest absolute Gasteiger partial charge is 0.481 e. The van der Waals surface area contributed by atoms with Gasteiger partial charge in [-0.1, -0.05) is 11.6 Å². The Hall–Kier alpha value is -2.35. The molecule has 0 radical (unpaired) electrons. The molecule has 2 unspecified atom stereocenters. The second-order valence-electron chi connectivity index (χ2n) is 5.24. The van der Waals surface area contributed by atoms with Crippen molar-refractivity contribution in [2.45, 2.75) is 19.4 Å². The summed E-state index contributed by atoms with van der Waals surface area (Å²) in [4.78, 5) is 35.0. The molecule has 1 amide bonds. The van der Waals surface area contributed by atoms with Gasteiger partial charge in [0.2, 0.25) is 0 Å². The van der Waals surface area contributed by atoms with Crippen molar-refractivity contribution < 1.29 is 24.4 Å². The van der Waals surface area contributed by atoms with Gasteiger partial charge in [-0.3, -0.25) is 19.7 Å². The van der Waals surface area contributed by atoms with Gasteiger partial charge in [0, 0.05) is 24.2 Å². The summed E-state index contributed by atoms with van der Waals surface area (Å²) >= 11 is 5.72. The number of hydrogen-bond donors (Lipinski definition) is 1. The Bertz CT molecular complexity index is 650. The first-order valence-corrected chi connectivity index (χ1v) is 7.29. The van der Waals surface area contributed by atoms with Crippen LogP contribution in [-0.2, 0) is 9.59 Å². The van der Waals surface area contributed by atoms with E-state index in [4.69, 9.17) is 21.4 Å². The van der Waals surface area contributed by atoms with E-state index in [9.17, 15) is 19.7 Å². The quantitative estimate of drug-likeness (QED) is 0.646. The number of carboxylic acids is 1. The van der Waals surface area contributed by atoms with Crippen molar-refractivity contribution >= 4 is 29.2 Å². The average Bonchev–Trinajstić information content (AvgIpc) is 2.98. The van der Waals surface area contributed by atoms with Crippen LogP contribution in [0, 0.1) is 16.0 Å². The van der Waals surface area contributed by atoms with Gasteiger partial charge >= 0.3 is 11.7 Å². The van der Waals surface area contributed by atoms with Gasteiger partial charge in [0.1, 0.15) is 0 Å². The average molecular weight is 343 g/mol. The van der Waals surface area contributed by atoms with Gasteiger partial charge in [-0.05, 0) is 25.5 Å². The number of benzene rings is 1. The predicted octanol–water partition coefficient (Wildman–Crippen LogP) is 1.95. The third-order valence-corrected chi connectivity index (χ3v) is 3.85. The van der Waals surface area contributed by atoms with E-state index in [0.29, 0.717) is 13.0 Å². The lowest BCUT2D eigenvalue weighted by Gasteiger charge is -2.21. The number of carbonyl (C=O) groups excluding carboxylic acids is 1. The molecule has 0 aromatic heterocycles. The summed E-state index contributed by atoms with van der Waals surface area (Å²) < 4.78 is 5.39. The summed E-state index contributed by atoms with van der Waals surface area (Å²) in [7, 11) is 0. The molecule has 0 aliphatic carbocycles. The number of nitro benzene ring substituents is 1. The number of aliphatic carboxylic acids is 1. The molecular formula is C14H15ClN2O6. The molecule has 0 spiro atoms. The maximum atomic E-state index is 12.3. The van der Waals surface area contributed by atoms with Crippen molar-refractivity contribution in [3.8, 4) is 5.75 Å². The number of rotatable bonds is 5. The highest BCUT2D eigenvalue weighted by Gasteiger charge is 2.34. The fourth-order valence-electron chi connectivity index (χ4n) is 2.39. The zero-order valence-electron chi connectivity index (χ0n) is 12.3. The normalized spacial score (nSPS) is 18.5. The Morgan fingerprint density at radius 2 is 2.22 bits per heavy atom. The number of likely N-dealkylation sites (tertiary alicyclic amines) is 1. The number of ether oxygens (including phenoxy) is 1. The van der Waals surface area contributed by atoms with Crippen LogP contribution in [0.15, 0.2) is 18.2 Å². The van der Waals surface area contributed by atoms with Gasteiger partial charge in [0.25, 0.3) is 5.91 Å². The van der Waals surface area contributed by atoms with Gasteiger partial charge in [-0.2, -0.15) is 0 Å². The monoisotopic (exact) mass is 342 g/mol. The summed E-state index contributed by atoms with van der Waals surface area (Å²) in [6, 6.07) is 3.90. The molecule has 1 heterocycles. The molecule has 2 atom stereocenters. The number of halogens is 1. The third-order valence-electron chi connectivity index (χ3n) is 3.62. The van der Waals surface area contributed by atoms with Crippen molar-refractivity contribution in [3.63, 3.8) is 0 Å². The predicted molar refractivity (Wildman–Crippen MR) is 80.5 cm³/mol. The van der Waals surface area contributed by atoms with Crippen LogP contribution in [0.4, 0.5) is 5.69 Å². The van der Waals surface area contributed by atoms with Crippen LogP contribution in [0.25, 0.3) is 0 Å². The molecule has 23 heavy (non-hydrogen) atoms. The maximum Gasteiger partial charge on any atom is 0.312 e. The number of carboxylic acid groups (broad SMARTS) is 1. The Balaban J connectivity index is 2.07. The van der Waals surface area contributed by atoms with Crippen LogP contribution >= 0.6 is 11.6 Å². The van der Waals surface area contributed by atoms with Crippen LogP contribution in [0.3, 0.4) is 0 Å². The van der Waals surface area contributed by atoms with Crippen LogP contribution < -0.4 is 4.74 Å². The lowest BCUT2D eigenvalue weighted by molar-refractivity contribution is -0.386. The molecule has 1 aromatic rings. The zero-order valence-corrected chi connectivity index (χ0v) is 13.0. The molecule has 1 fully saturated rings. The van der Waals surface area contributed by atoms with E-state index < -0.39 is 28.8 Å². The zero-order chi connectivity index (χ0) is 17.1. The lowest BCUT2D eigenvalue weighted by atomic mass is 10.1. The van der Waals surface area contributed by atoms with Crippen molar-refractivity contribution in [2.24, 2.45) is 5.92 Å². The van der Waals surface area contributed by atoms with E-state index in [1.165, 1.54) is 24.0 Å². The van der Waals surface area contributed by atoms with E-state index in [2.05, 4.69) is 0 Å². The molecule has 0 bridgehead atoms. The van der Waals surface area contributed by atoms with E-state index in [1.807, 2.05) is 0 Å². The van der Waals surface area contributed by atoms with Gasteiger partial charge in [-0.15, -0.1) is 0 Å². The first-order valence-electron chi connectivity index (χ1n) is 6.91. The van der Waals surface area contributed by atoms with Crippen LogP contribution in [-0.4, -0.2) is 46.0 Å². The highest BCUT2D eigenvalue weighted by molar-refractivity contribution is 6.30. The van der Waals surface area contributed by atoms with Crippen LogP contribution in [0.2, 0.25) is 5.02 Å².